The summed E-state index contributed by atoms with van der Waals surface area (Å²) in [7, 11) is -2.07. The lowest BCUT2D eigenvalue weighted by Crippen LogP contribution is -2.28. The average molecular weight is 338 g/mol. The summed E-state index contributed by atoms with van der Waals surface area (Å²) in [6.07, 6.45) is -0.366. The van der Waals surface area contributed by atoms with Crippen LogP contribution < -0.4 is 4.72 Å². The molecule has 0 aromatic heterocycles. The highest BCUT2D eigenvalue weighted by atomic mass is 79.9. The molecule has 0 spiro atoms. The molecule has 1 atom stereocenters. The highest BCUT2D eigenvalue weighted by molar-refractivity contribution is 9.10. The van der Waals surface area contributed by atoms with Gasteiger partial charge >= 0.3 is 0 Å². The van der Waals surface area contributed by atoms with E-state index >= 15 is 0 Å². The van der Waals surface area contributed by atoms with Gasteiger partial charge in [0.15, 0.2) is 0 Å². The molecule has 0 bridgehead atoms. The van der Waals surface area contributed by atoms with E-state index in [0.717, 1.165) is 0 Å². The summed E-state index contributed by atoms with van der Waals surface area (Å²) in [5, 5.41) is 9.40. The maximum absolute atomic E-state index is 11.9. The second-order valence-electron chi connectivity index (χ2n) is 3.73. The van der Waals surface area contributed by atoms with Crippen LogP contribution in [-0.4, -0.2) is 39.9 Å². The van der Waals surface area contributed by atoms with E-state index in [1.807, 2.05) is 0 Å². The van der Waals surface area contributed by atoms with E-state index in [1.54, 1.807) is 18.2 Å². The Bertz CT molecular complexity index is 478. The Morgan fingerprint density at radius 2 is 2.11 bits per heavy atom. The van der Waals surface area contributed by atoms with Gasteiger partial charge in [-0.1, -0.05) is 12.1 Å². The van der Waals surface area contributed by atoms with Crippen molar-refractivity contribution in [3.05, 3.63) is 28.7 Å². The van der Waals surface area contributed by atoms with Crippen LogP contribution in [0.15, 0.2) is 33.6 Å². The number of hydrogen-bond acceptors (Lipinski definition) is 4. The van der Waals surface area contributed by atoms with E-state index < -0.39 is 16.1 Å². The molecule has 1 unspecified atom stereocenters. The third-order valence-electron chi connectivity index (χ3n) is 2.25. The maximum atomic E-state index is 11.9. The SMILES string of the molecule is COCC(O)CCNS(=O)(=O)c1ccccc1Br. The molecule has 0 aliphatic rings. The molecule has 7 heteroatoms. The van der Waals surface area contributed by atoms with Gasteiger partial charge in [-0.25, -0.2) is 13.1 Å². The van der Waals surface area contributed by atoms with Crippen LogP contribution in [0.1, 0.15) is 6.42 Å². The second-order valence-corrected chi connectivity index (χ2v) is 6.32. The molecule has 0 amide bonds. The fraction of sp³-hybridized carbons (Fsp3) is 0.455. The number of aliphatic hydroxyl groups excluding tert-OH is 1. The van der Waals surface area contributed by atoms with Gasteiger partial charge in [-0.2, -0.15) is 0 Å². The molecule has 0 aliphatic carbocycles. The van der Waals surface area contributed by atoms with Gasteiger partial charge in [0.05, 0.1) is 17.6 Å². The number of benzene rings is 1. The third kappa shape index (κ3) is 4.66. The molecule has 18 heavy (non-hydrogen) atoms. The quantitative estimate of drug-likeness (QED) is 0.781. The first-order valence-electron chi connectivity index (χ1n) is 5.38. The predicted molar refractivity (Wildman–Crippen MR) is 71.8 cm³/mol. The standard InChI is InChI=1S/C11H16BrNO4S/c1-17-8-9(14)6-7-13-18(15,16)11-5-3-2-4-10(11)12/h2-5,9,13-14H,6-8H2,1H3. The van der Waals surface area contributed by atoms with Crippen LogP contribution in [0.4, 0.5) is 0 Å². The Balaban J connectivity index is 2.59. The summed E-state index contributed by atoms with van der Waals surface area (Å²) in [6.45, 7) is 0.352. The molecule has 1 aromatic carbocycles. The molecule has 1 rings (SSSR count). The lowest BCUT2D eigenvalue weighted by Gasteiger charge is -2.11. The van der Waals surface area contributed by atoms with Crippen molar-refractivity contribution in [1.82, 2.24) is 4.72 Å². The minimum absolute atomic E-state index is 0.161. The van der Waals surface area contributed by atoms with E-state index in [0.29, 0.717) is 10.9 Å². The van der Waals surface area contributed by atoms with Crippen LogP contribution in [0.3, 0.4) is 0 Å². The van der Waals surface area contributed by atoms with Crippen LogP contribution in [0.5, 0.6) is 0 Å². The van der Waals surface area contributed by atoms with Gasteiger partial charge in [0.2, 0.25) is 10.0 Å². The van der Waals surface area contributed by atoms with Crippen LogP contribution in [-0.2, 0) is 14.8 Å². The Morgan fingerprint density at radius 1 is 1.44 bits per heavy atom. The second kappa shape index (κ2) is 7.20. The van der Waals surface area contributed by atoms with Crippen molar-refractivity contribution in [1.29, 1.82) is 0 Å². The van der Waals surface area contributed by atoms with Crippen molar-refractivity contribution < 1.29 is 18.3 Å². The van der Waals surface area contributed by atoms with Gasteiger partial charge < -0.3 is 9.84 Å². The molecule has 0 aliphatic heterocycles. The zero-order chi connectivity index (χ0) is 13.6. The summed E-state index contributed by atoms with van der Waals surface area (Å²) in [5.41, 5.74) is 0. The van der Waals surface area contributed by atoms with Gasteiger partial charge in [-0.3, -0.25) is 0 Å². The summed E-state index contributed by atoms with van der Waals surface area (Å²) < 4.78 is 31.6. The number of aliphatic hydroxyl groups is 1. The van der Waals surface area contributed by atoms with Crippen molar-refractivity contribution in [2.75, 3.05) is 20.3 Å². The average Bonchev–Trinajstić information content (AvgIpc) is 2.29. The Kier molecular flexibility index (Phi) is 6.24. The topological polar surface area (TPSA) is 75.6 Å². The monoisotopic (exact) mass is 337 g/mol. The Morgan fingerprint density at radius 3 is 2.72 bits per heavy atom. The van der Waals surface area contributed by atoms with Gasteiger partial charge in [0.1, 0.15) is 0 Å². The normalized spacial score (nSPS) is 13.5. The zero-order valence-electron chi connectivity index (χ0n) is 9.97. The number of methoxy groups -OCH3 is 1. The first-order chi connectivity index (χ1) is 8.47. The largest absolute Gasteiger partial charge is 0.391 e. The summed E-state index contributed by atoms with van der Waals surface area (Å²) in [5.74, 6) is 0. The van der Waals surface area contributed by atoms with E-state index in [2.05, 4.69) is 20.7 Å². The van der Waals surface area contributed by atoms with Crippen molar-refractivity contribution in [3.63, 3.8) is 0 Å². The molecule has 0 saturated carbocycles. The highest BCUT2D eigenvalue weighted by Crippen LogP contribution is 2.20. The maximum Gasteiger partial charge on any atom is 0.241 e. The molecule has 0 saturated heterocycles. The molecule has 2 N–H and O–H groups in total. The van der Waals surface area contributed by atoms with Crippen LogP contribution in [0, 0.1) is 0 Å². The van der Waals surface area contributed by atoms with Crippen molar-refractivity contribution >= 4 is 26.0 Å². The molecular weight excluding hydrogens is 322 g/mol. The summed E-state index contributed by atoms with van der Waals surface area (Å²) >= 11 is 3.19. The van der Waals surface area contributed by atoms with Crippen molar-refractivity contribution in [2.45, 2.75) is 17.4 Å². The smallest absolute Gasteiger partial charge is 0.241 e. The third-order valence-corrected chi connectivity index (χ3v) is 4.73. The molecule has 102 valence electrons. The number of sulfonamides is 1. The first-order valence-corrected chi connectivity index (χ1v) is 7.66. The first kappa shape index (κ1) is 15.6. The number of nitrogens with one attached hydrogen (secondary N) is 1. The van der Waals surface area contributed by atoms with Gasteiger partial charge in [-0.05, 0) is 34.5 Å². The van der Waals surface area contributed by atoms with Crippen LogP contribution in [0.25, 0.3) is 0 Å². The molecular formula is C11H16BrNO4S. The molecule has 1 aromatic rings. The Labute approximate surface area is 115 Å². The minimum Gasteiger partial charge on any atom is -0.391 e. The lowest BCUT2D eigenvalue weighted by atomic mass is 10.3. The van der Waals surface area contributed by atoms with E-state index in [1.165, 1.54) is 13.2 Å². The lowest BCUT2D eigenvalue weighted by molar-refractivity contribution is 0.0603. The minimum atomic E-state index is -3.55. The fourth-order valence-corrected chi connectivity index (χ4v) is 3.42. The van der Waals surface area contributed by atoms with Crippen LogP contribution in [0.2, 0.25) is 0 Å². The summed E-state index contributed by atoms with van der Waals surface area (Å²) in [4.78, 5) is 0.186. The number of hydrogen-bond donors (Lipinski definition) is 2. The molecule has 0 radical (unpaired) electrons. The van der Waals surface area contributed by atoms with E-state index in [9.17, 15) is 13.5 Å². The highest BCUT2D eigenvalue weighted by Gasteiger charge is 2.16. The number of ether oxygens (including phenoxy) is 1. The van der Waals surface area contributed by atoms with Gasteiger partial charge in [0.25, 0.3) is 0 Å². The van der Waals surface area contributed by atoms with Crippen LogP contribution >= 0.6 is 15.9 Å². The number of halogens is 1. The van der Waals surface area contributed by atoms with E-state index in [4.69, 9.17) is 4.74 Å². The fourth-order valence-electron chi connectivity index (χ4n) is 1.38. The summed E-state index contributed by atoms with van der Waals surface area (Å²) in [6, 6.07) is 6.57. The predicted octanol–water partition coefficient (Wildman–Crippen LogP) is 1.12. The van der Waals surface area contributed by atoms with Crippen molar-refractivity contribution in [3.8, 4) is 0 Å². The zero-order valence-corrected chi connectivity index (χ0v) is 12.4. The van der Waals surface area contributed by atoms with E-state index in [-0.39, 0.29) is 18.0 Å². The Hall–Kier alpha value is -0.470. The number of rotatable bonds is 7. The molecule has 0 heterocycles. The molecule has 0 fully saturated rings. The molecule has 5 nitrogen and oxygen atoms in total. The van der Waals surface area contributed by atoms with Gasteiger partial charge in [-0.15, -0.1) is 0 Å². The van der Waals surface area contributed by atoms with Crippen molar-refractivity contribution in [2.24, 2.45) is 0 Å². The van der Waals surface area contributed by atoms with Gasteiger partial charge in [0, 0.05) is 18.1 Å².